The van der Waals surface area contributed by atoms with Crippen LogP contribution in [0.1, 0.15) is 63.1 Å². The van der Waals surface area contributed by atoms with Crippen LogP contribution in [0, 0.1) is 22.0 Å². The fraction of sp³-hybridized carbons (Fsp3) is 0.533. The largest absolute Gasteiger partial charge is 0.469 e. The van der Waals surface area contributed by atoms with E-state index in [1.165, 1.54) is 7.11 Å². The third kappa shape index (κ3) is 8.34. The summed E-state index contributed by atoms with van der Waals surface area (Å²) in [6.07, 6.45) is 2.72. The van der Waals surface area contributed by atoms with Gasteiger partial charge in [-0.05, 0) is 29.9 Å². The van der Waals surface area contributed by atoms with Crippen molar-refractivity contribution in [3.8, 4) is 0 Å². The highest BCUT2D eigenvalue weighted by atomic mass is 16.6. The van der Waals surface area contributed by atoms with Crippen LogP contribution in [0.5, 0.6) is 0 Å². The van der Waals surface area contributed by atoms with Gasteiger partial charge in [-0.1, -0.05) is 87.4 Å². The van der Waals surface area contributed by atoms with E-state index in [4.69, 9.17) is 4.74 Å². The van der Waals surface area contributed by atoms with Gasteiger partial charge < -0.3 is 14.8 Å². The summed E-state index contributed by atoms with van der Waals surface area (Å²) >= 11 is 0. The summed E-state index contributed by atoms with van der Waals surface area (Å²) in [5.41, 5.74) is 1.75. The van der Waals surface area contributed by atoms with Crippen LogP contribution in [0.4, 0.5) is 0 Å². The average Bonchev–Trinajstić information content (AvgIpc) is 3.36. The molecule has 9 heteroatoms. The van der Waals surface area contributed by atoms with Crippen molar-refractivity contribution in [3.63, 3.8) is 0 Å². The summed E-state index contributed by atoms with van der Waals surface area (Å²) in [6, 6.07) is 16.5. The molecular weight excluding hydrogens is 498 g/mol. The predicted molar refractivity (Wildman–Crippen MR) is 148 cm³/mol. The van der Waals surface area contributed by atoms with Gasteiger partial charge in [0.05, 0.1) is 31.8 Å². The Labute approximate surface area is 230 Å². The number of hydrogen-bond donors (Lipinski definition) is 2. The molecule has 212 valence electrons. The van der Waals surface area contributed by atoms with Gasteiger partial charge in [0, 0.05) is 17.9 Å². The molecule has 0 spiro atoms. The first-order valence-corrected chi connectivity index (χ1v) is 13.8. The number of amides is 1. The van der Waals surface area contributed by atoms with Gasteiger partial charge in [-0.3, -0.25) is 25.0 Å². The number of ether oxygens (including phenoxy) is 2. The lowest BCUT2D eigenvalue weighted by atomic mass is 9.80. The standard InChI is InChI=1S/C30H41N3O6/c1-4-21(2)29(39-20-22-14-8-5-9-15-22)25-27(30(35)31-19-13-7-12-18-24(34)38-3)32-26(28(25)33(36)37)23-16-10-6-11-17-23/h5-6,8-11,14-17,21,25-29,32H,4,7,12-13,18-20H2,1-3H3,(H,31,35)/t21-,25?,26?,27?,28?,29?/m0/s1. The Hall–Kier alpha value is -3.30. The molecule has 0 bridgehead atoms. The molecule has 1 heterocycles. The number of benzene rings is 2. The number of nitrogens with one attached hydrogen (secondary N) is 2. The molecule has 6 atom stereocenters. The Bertz CT molecular complexity index is 1050. The van der Waals surface area contributed by atoms with Crippen LogP contribution in [-0.4, -0.2) is 48.6 Å². The van der Waals surface area contributed by atoms with Crippen LogP contribution in [0.25, 0.3) is 0 Å². The Kier molecular flexibility index (Phi) is 11.9. The number of hydrogen-bond acceptors (Lipinski definition) is 7. The predicted octanol–water partition coefficient (Wildman–Crippen LogP) is 4.44. The second-order valence-corrected chi connectivity index (χ2v) is 10.2. The van der Waals surface area contributed by atoms with E-state index in [9.17, 15) is 19.7 Å². The van der Waals surface area contributed by atoms with Gasteiger partial charge in [0.2, 0.25) is 11.9 Å². The molecule has 1 amide bonds. The van der Waals surface area contributed by atoms with Crippen LogP contribution < -0.4 is 10.6 Å². The van der Waals surface area contributed by atoms with Gasteiger partial charge in [0.25, 0.3) is 0 Å². The highest BCUT2D eigenvalue weighted by Crippen LogP contribution is 2.39. The van der Waals surface area contributed by atoms with Crippen molar-refractivity contribution >= 4 is 11.9 Å². The summed E-state index contributed by atoms with van der Waals surface area (Å²) in [5, 5.41) is 18.9. The van der Waals surface area contributed by atoms with Crippen molar-refractivity contribution in [2.24, 2.45) is 11.8 Å². The minimum Gasteiger partial charge on any atom is -0.469 e. The van der Waals surface area contributed by atoms with Crippen LogP contribution in [0.3, 0.4) is 0 Å². The van der Waals surface area contributed by atoms with E-state index < -0.39 is 30.1 Å². The fourth-order valence-electron chi connectivity index (χ4n) is 5.32. The zero-order chi connectivity index (χ0) is 28.2. The van der Waals surface area contributed by atoms with Gasteiger partial charge >= 0.3 is 5.97 Å². The Morgan fingerprint density at radius 1 is 1.05 bits per heavy atom. The molecule has 0 aliphatic carbocycles. The maximum Gasteiger partial charge on any atom is 0.305 e. The highest BCUT2D eigenvalue weighted by molar-refractivity contribution is 5.83. The maximum absolute atomic E-state index is 13.6. The highest BCUT2D eigenvalue weighted by Gasteiger charge is 2.57. The van der Waals surface area contributed by atoms with Crippen LogP contribution >= 0.6 is 0 Å². The van der Waals surface area contributed by atoms with Crippen molar-refractivity contribution in [2.45, 2.75) is 76.8 Å². The Balaban J connectivity index is 1.82. The first kappa shape index (κ1) is 30.2. The lowest BCUT2D eigenvalue weighted by Gasteiger charge is -2.32. The second-order valence-electron chi connectivity index (χ2n) is 10.2. The van der Waals surface area contributed by atoms with Gasteiger partial charge in [-0.15, -0.1) is 0 Å². The summed E-state index contributed by atoms with van der Waals surface area (Å²) < 4.78 is 11.1. The molecular formula is C30H41N3O6. The van der Waals surface area contributed by atoms with Crippen LogP contribution in [0.2, 0.25) is 0 Å². The number of nitro groups is 1. The van der Waals surface area contributed by atoms with E-state index in [0.717, 1.165) is 24.0 Å². The van der Waals surface area contributed by atoms with E-state index >= 15 is 0 Å². The van der Waals surface area contributed by atoms with E-state index in [0.29, 0.717) is 32.4 Å². The van der Waals surface area contributed by atoms with Crippen LogP contribution in [0.15, 0.2) is 60.7 Å². The Morgan fingerprint density at radius 3 is 2.33 bits per heavy atom. The monoisotopic (exact) mass is 539 g/mol. The molecule has 1 saturated heterocycles. The quantitative estimate of drug-likeness (QED) is 0.149. The Morgan fingerprint density at radius 2 is 1.72 bits per heavy atom. The third-order valence-electron chi connectivity index (χ3n) is 7.62. The number of carbonyl (C=O) groups excluding carboxylic acids is 2. The number of methoxy groups -OCH3 is 1. The van der Waals surface area contributed by atoms with Gasteiger partial charge in [0.15, 0.2) is 0 Å². The third-order valence-corrected chi connectivity index (χ3v) is 7.62. The minimum atomic E-state index is -1.04. The topological polar surface area (TPSA) is 120 Å². The minimum absolute atomic E-state index is 0.00823. The van der Waals surface area contributed by atoms with E-state index in [1.807, 2.05) is 74.5 Å². The first-order valence-electron chi connectivity index (χ1n) is 13.8. The molecule has 3 rings (SSSR count). The SMILES string of the molecule is CC[C@H](C)C(OCc1ccccc1)C1C(C(=O)NCCCCCC(=O)OC)NC(c2ccccc2)C1[N+](=O)[O-]. The summed E-state index contributed by atoms with van der Waals surface area (Å²) in [5.74, 6) is -1.20. The molecule has 1 aliphatic heterocycles. The number of nitrogens with zero attached hydrogens (tertiary/aromatic N) is 1. The lowest BCUT2D eigenvalue weighted by molar-refractivity contribution is -0.535. The fourth-order valence-corrected chi connectivity index (χ4v) is 5.32. The van der Waals surface area contributed by atoms with Crippen molar-refractivity contribution in [1.29, 1.82) is 0 Å². The molecule has 2 aromatic rings. The molecule has 0 saturated carbocycles. The zero-order valence-electron chi connectivity index (χ0n) is 23.1. The number of esters is 1. The molecule has 1 fully saturated rings. The molecule has 0 aromatic heterocycles. The van der Waals surface area contributed by atoms with E-state index in [1.54, 1.807) is 0 Å². The molecule has 39 heavy (non-hydrogen) atoms. The molecule has 2 aromatic carbocycles. The van der Waals surface area contributed by atoms with Gasteiger partial charge in [0.1, 0.15) is 6.04 Å². The van der Waals surface area contributed by atoms with E-state index in [-0.39, 0.29) is 22.7 Å². The summed E-state index contributed by atoms with van der Waals surface area (Å²) in [6.45, 7) is 4.79. The van der Waals surface area contributed by atoms with Crippen molar-refractivity contribution in [1.82, 2.24) is 10.6 Å². The number of unbranched alkanes of at least 4 members (excludes halogenated alkanes) is 2. The molecule has 5 unspecified atom stereocenters. The van der Waals surface area contributed by atoms with Gasteiger partial charge in [-0.25, -0.2) is 0 Å². The normalized spacial score (nSPS) is 22.1. The number of carbonyl (C=O) groups is 2. The van der Waals surface area contributed by atoms with Crippen molar-refractivity contribution < 1.29 is 24.0 Å². The van der Waals surface area contributed by atoms with Crippen molar-refractivity contribution in [2.75, 3.05) is 13.7 Å². The summed E-state index contributed by atoms with van der Waals surface area (Å²) in [7, 11) is 1.37. The molecule has 0 radical (unpaired) electrons. The smallest absolute Gasteiger partial charge is 0.305 e. The van der Waals surface area contributed by atoms with Gasteiger partial charge in [-0.2, -0.15) is 0 Å². The molecule has 1 aliphatic rings. The average molecular weight is 540 g/mol. The molecule has 9 nitrogen and oxygen atoms in total. The summed E-state index contributed by atoms with van der Waals surface area (Å²) in [4.78, 5) is 37.2. The zero-order valence-corrected chi connectivity index (χ0v) is 23.1. The first-order chi connectivity index (χ1) is 18.9. The van der Waals surface area contributed by atoms with Crippen LogP contribution in [-0.2, 0) is 25.7 Å². The second kappa shape index (κ2) is 15.3. The molecule has 2 N–H and O–H groups in total. The maximum atomic E-state index is 13.6. The number of rotatable bonds is 15. The van der Waals surface area contributed by atoms with E-state index in [2.05, 4.69) is 15.4 Å². The lowest BCUT2D eigenvalue weighted by Crippen LogP contribution is -2.51. The van der Waals surface area contributed by atoms with Crippen molar-refractivity contribution in [3.05, 3.63) is 81.9 Å².